The molecule has 0 aliphatic heterocycles. The zero-order valence-electron chi connectivity index (χ0n) is 10.0. The van der Waals surface area contributed by atoms with Crippen molar-refractivity contribution in [1.29, 1.82) is 0 Å². The highest BCUT2D eigenvalue weighted by molar-refractivity contribution is 6.39. The van der Waals surface area contributed by atoms with Crippen LogP contribution < -0.4 is 5.73 Å². The van der Waals surface area contributed by atoms with Gasteiger partial charge in [0.15, 0.2) is 5.78 Å². The van der Waals surface area contributed by atoms with Crippen LogP contribution in [0, 0.1) is 12.7 Å². The summed E-state index contributed by atoms with van der Waals surface area (Å²) < 4.78 is 13.5. The minimum Gasteiger partial charge on any atom is -0.396 e. The minimum atomic E-state index is -0.432. The molecule has 0 aliphatic rings. The van der Waals surface area contributed by atoms with E-state index in [0.717, 1.165) is 0 Å². The van der Waals surface area contributed by atoms with Gasteiger partial charge in [-0.15, -0.1) is 0 Å². The Balaban J connectivity index is 2.47. The van der Waals surface area contributed by atoms with Crippen molar-refractivity contribution in [2.24, 2.45) is 0 Å². The zero-order valence-corrected chi connectivity index (χ0v) is 11.5. The molecule has 0 bridgehead atoms. The molecule has 0 aliphatic carbocycles. The zero-order chi connectivity index (χ0) is 14.2. The molecule has 0 radical (unpaired) electrons. The van der Waals surface area contributed by atoms with Crippen LogP contribution in [0.2, 0.25) is 10.0 Å². The molecule has 0 saturated carbocycles. The predicted molar refractivity (Wildman–Crippen MR) is 75.4 cm³/mol. The van der Waals surface area contributed by atoms with E-state index >= 15 is 0 Å². The summed E-state index contributed by atoms with van der Waals surface area (Å²) in [5, 5.41) is 0.395. The van der Waals surface area contributed by atoms with Crippen molar-refractivity contribution in [1.82, 2.24) is 0 Å². The number of carbonyl (C=O) groups excluding carboxylic acids is 1. The van der Waals surface area contributed by atoms with Gasteiger partial charge < -0.3 is 5.73 Å². The van der Waals surface area contributed by atoms with Crippen LogP contribution in [-0.4, -0.2) is 5.78 Å². The lowest BCUT2D eigenvalue weighted by atomic mass is 10.0. The molecule has 0 spiro atoms. The van der Waals surface area contributed by atoms with Crippen LogP contribution in [0.3, 0.4) is 0 Å². The Morgan fingerprint density at radius 2 is 1.68 bits per heavy atom. The number of nitrogen functional groups attached to an aromatic ring is 1. The highest BCUT2D eigenvalue weighted by atomic mass is 35.5. The molecule has 0 atom stereocenters. The second-order valence-corrected chi connectivity index (χ2v) is 4.96. The lowest BCUT2D eigenvalue weighted by Gasteiger charge is -2.06. The van der Waals surface area contributed by atoms with Crippen LogP contribution in [0.15, 0.2) is 30.3 Å². The van der Waals surface area contributed by atoms with E-state index in [2.05, 4.69) is 0 Å². The summed E-state index contributed by atoms with van der Waals surface area (Å²) in [6.45, 7) is 1.63. The number of rotatable bonds is 2. The van der Waals surface area contributed by atoms with Gasteiger partial charge in [-0.05, 0) is 30.7 Å². The van der Waals surface area contributed by atoms with E-state index in [4.69, 9.17) is 28.9 Å². The molecule has 2 aromatic rings. The number of carbonyl (C=O) groups is 1. The fourth-order valence-corrected chi connectivity index (χ4v) is 2.10. The highest BCUT2D eigenvalue weighted by Crippen LogP contribution is 2.29. The van der Waals surface area contributed by atoms with Crippen molar-refractivity contribution in [3.05, 3.63) is 62.9 Å². The quantitative estimate of drug-likeness (QED) is 0.665. The van der Waals surface area contributed by atoms with Gasteiger partial charge in [0.25, 0.3) is 0 Å². The molecule has 2 aromatic carbocycles. The molecule has 0 fully saturated rings. The van der Waals surface area contributed by atoms with Crippen LogP contribution >= 0.6 is 23.2 Å². The largest absolute Gasteiger partial charge is 0.396 e. The number of halogens is 3. The maximum Gasteiger partial charge on any atom is 0.193 e. The lowest BCUT2D eigenvalue weighted by Crippen LogP contribution is -2.03. The maximum absolute atomic E-state index is 13.5. The first-order chi connectivity index (χ1) is 8.90. The Bertz CT molecular complexity index is 647. The summed E-state index contributed by atoms with van der Waals surface area (Å²) in [5.74, 6) is -0.791. The van der Waals surface area contributed by atoms with Crippen LogP contribution in [0.25, 0.3) is 0 Å². The standard InChI is InChI=1S/C14H10Cl2FNO/c1-7-2-3-8(6-12(7)17)14(19)9-4-10(15)13(18)11(16)5-9/h2-6H,18H2,1H3. The van der Waals surface area contributed by atoms with Gasteiger partial charge in [0.1, 0.15) is 5.82 Å². The van der Waals surface area contributed by atoms with Gasteiger partial charge in [-0.3, -0.25) is 4.79 Å². The average molecular weight is 298 g/mol. The van der Waals surface area contributed by atoms with E-state index in [-0.39, 0.29) is 32.6 Å². The third-order valence-corrected chi connectivity index (χ3v) is 3.40. The SMILES string of the molecule is Cc1ccc(C(=O)c2cc(Cl)c(N)c(Cl)c2)cc1F. The Morgan fingerprint density at radius 1 is 1.11 bits per heavy atom. The normalized spacial score (nSPS) is 10.5. The smallest absolute Gasteiger partial charge is 0.193 e. The van der Waals surface area contributed by atoms with Crippen LogP contribution in [0.4, 0.5) is 10.1 Å². The third-order valence-electron chi connectivity index (χ3n) is 2.78. The van der Waals surface area contributed by atoms with Gasteiger partial charge in [-0.25, -0.2) is 4.39 Å². The van der Waals surface area contributed by atoms with Crippen LogP contribution in [0.1, 0.15) is 21.5 Å². The van der Waals surface area contributed by atoms with E-state index < -0.39 is 5.82 Å². The predicted octanol–water partition coefficient (Wildman–Crippen LogP) is 4.25. The summed E-state index contributed by atoms with van der Waals surface area (Å²) in [5.41, 5.74) is 6.80. The third kappa shape index (κ3) is 2.72. The van der Waals surface area contributed by atoms with E-state index in [1.165, 1.54) is 18.2 Å². The molecule has 2 N–H and O–H groups in total. The Labute approximate surface area is 119 Å². The number of ketones is 1. The summed E-state index contributed by atoms with van der Waals surface area (Å²) in [6, 6.07) is 7.13. The summed E-state index contributed by atoms with van der Waals surface area (Å²) in [7, 11) is 0. The number of anilines is 1. The number of hydrogen-bond donors (Lipinski definition) is 1. The van der Waals surface area contributed by atoms with Gasteiger partial charge in [0.2, 0.25) is 0 Å². The summed E-state index contributed by atoms with van der Waals surface area (Å²) in [6.07, 6.45) is 0. The molecule has 0 heterocycles. The molecular formula is C14H10Cl2FNO. The van der Waals surface area contributed by atoms with E-state index in [0.29, 0.717) is 5.56 Å². The van der Waals surface area contributed by atoms with E-state index in [1.807, 2.05) is 0 Å². The van der Waals surface area contributed by atoms with Crippen molar-refractivity contribution in [2.45, 2.75) is 6.92 Å². The molecule has 0 aromatic heterocycles. The first kappa shape index (κ1) is 13.8. The van der Waals surface area contributed by atoms with E-state index in [1.54, 1.807) is 19.1 Å². The molecule has 0 saturated heterocycles. The summed E-state index contributed by atoms with van der Waals surface area (Å²) in [4.78, 5) is 12.2. The molecule has 98 valence electrons. The second kappa shape index (κ2) is 5.19. The van der Waals surface area contributed by atoms with Gasteiger partial charge in [0.05, 0.1) is 15.7 Å². The van der Waals surface area contributed by atoms with Crippen molar-refractivity contribution in [2.75, 3.05) is 5.73 Å². The topological polar surface area (TPSA) is 43.1 Å². The molecule has 19 heavy (non-hydrogen) atoms. The number of nitrogens with two attached hydrogens (primary N) is 1. The fraction of sp³-hybridized carbons (Fsp3) is 0.0714. The van der Waals surface area contributed by atoms with Crippen LogP contribution in [-0.2, 0) is 0 Å². The summed E-state index contributed by atoms with van der Waals surface area (Å²) >= 11 is 11.7. The van der Waals surface area contributed by atoms with Gasteiger partial charge >= 0.3 is 0 Å². The lowest BCUT2D eigenvalue weighted by molar-refractivity contribution is 0.103. The number of hydrogen-bond acceptors (Lipinski definition) is 2. The molecular weight excluding hydrogens is 288 g/mol. The Morgan fingerprint density at radius 3 is 2.21 bits per heavy atom. The van der Waals surface area contributed by atoms with Gasteiger partial charge in [-0.2, -0.15) is 0 Å². The van der Waals surface area contributed by atoms with Gasteiger partial charge in [0, 0.05) is 11.1 Å². The number of aryl methyl sites for hydroxylation is 1. The monoisotopic (exact) mass is 297 g/mol. The molecule has 0 unspecified atom stereocenters. The number of benzene rings is 2. The van der Waals surface area contributed by atoms with Crippen molar-refractivity contribution in [3.63, 3.8) is 0 Å². The average Bonchev–Trinajstić information content (AvgIpc) is 2.37. The van der Waals surface area contributed by atoms with Gasteiger partial charge in [-0.1, -0.05) is 35.3 Å². The minimum absolute atomic E-state index is 0.198. The van der Waals surface area contributed by atoms with Crippen molar-refractivity contribution < 1.29 is 9.18 Å². The maximum atomic E-state index is 13.5. The fourth-order valence-electron chi connectivity index (χ4n) is 1.62. The Hall–Kier alpha value is -1.58. The highest BCUT2D eigenvalue weighted by Gasteiger charge is 2.14. The molecule has 2 nitrogen and oxygen atoms in total. The first-order valence-electron chi connectivity index (χ1n) is 5.45. The van der Waals surface area contributed by atoms with Crippen molar-refractivity contribution in [3.8, 4) is 0 Å². The van der Waals surface area contributed by atoms with E-state index in [9.17, 15) is 9.18 Å². The second-order valence-electron chi connectivity index (χ2n) is 4.15. The molecule has 5 heteroatoms. The Kier molecular flexibility index (Phi) is 3.78. The first-order valence-corrected chi connectivity index (χ1v) is 6.21. The molecule has 2 rings (SSSR count). The molecule has 0 amide bonds. The van der Waals surface area contributed by atoms with Crippen LogP contribution in [0.5, 0.6) is 0 Å². The van der Waals surface area contributed by atoms with Crippen molar-refractivity contribution >= 4 is 34.7 Å².